The van der Waals surface area contributed by atoms with E-state index in [9.17, 15) is 9.59 Å². The molecule has 6 nitrogen and oxygen atoms in total. The highest BCUT2D eigenvalue weighted by Crippen LogP contribution is 2.26. The van der Waals surface area contributed by atoms with Crippen molar-refractivity contribution in [2.45, 2.75) is 34.1 Å². The Kier molecular flexibility index (Phi) is 4.35. The Bertz CT molecular complexity index is 965. The van der Waals surface area contributed by atoms with Crippen LogP contribution in [0.25, 0.3) is 11.0 Å². The summed E-state index contributed by atoms with van der Waals surface area (Å²) in [5.74, 6) is 0.416. The summed E-state index contributed by atoms with van der Waals surface area (Å²) in [4.78, 5) is 24.2. The van der Waals surface area contributed by atoms with Crippen molar-refractivity contribution < 1.29 is 18.4 Å². The molecule has 3 rings (SSSR count). The number of amides is 2. The lowest BCUT2D eigenvalue weighted by atomic mass is 10.0. The zero-order valence-corrected chi connectivity index (χ0v) is 14.6. The van der Waals surface area contributed by atoms with Crippen molar-refractivity contribution in [2.75, 3.05) is 0 Å². The summed E-state index contributed by atoms with van der Waals surface area (Å²) in [6.45, 7) is 7.46. The lowest BCUT2D eigenvalue weighted by Crippen LogP contribution is -2.42. The van der Waals surface area contributed by atoms with Crippen molar-refractivity contribution in [3.05, 3.63) is 58.2 Å². The Hall–Kier alpha value is -3.02. The molecule has 130 valence electrons. The van der Waals surface area contributed by atoms with Gasteiger partial charge in [-0.05, 0) is 44.9 Å². The van der Waals surface area contributed by atoms with E-state index in [2.05, 4.69) is 10.9 Å². The number of hydrogen-bond donors (Lipinski definition) is 2. The molecule has 25 heavy (non-hydrogen) atoms. The van der Waals surface area contributed by atoms with E-state index in [-0.39, 0.29) is 12.3 Å². The predicted octanol–water partition coefficient (Wildman–Crippen LogP) is 3.26. The average molecular weight is 340 g/mol. The first-order valence-corrected chi connectivity index (χ1v) is 7.99. The van der Waals surface area contributed by atoms with E-state index >= 15 is 0 Å². The first kappa shape index (κ1) is 16.8. The van der Waals surface area contributed by atoms with Crippen LogP contribution >= 0.6 is 0 Å². The predicted molar refractivity (Wildman–Crippen MR) is 93.2 cm³/mol. The Morgan fingerprint density at radius 1 is 1.08 bits per heavy atom. The fourth-order valence-electron chi connectivity index (χ4n) is 2.79. The molecule has 0 atom stereocenters. The molecule has 3 aromatic rings. The standard InChI is InChI=1S/C19H20N2O4/c1-10-5-6-15-14(9-24-18(15)12(10)3)8-17(22)20-21-19(23)16-7-11(2)25-13(16)4/h5-7,9H,8H2,1-4H3,(H,20,22)(H,21,23). The Balaban J connectivity index is 1.66. The quantitative estimate of drug-likeness (QED) is 0.717. The van der Waals surface area contributed by atoms with Crippen LogP contribution in [-0.2, 0) is 11.2 Å². The van der Waals surface area contributed by atoms with E-state index in [0.717, 1.165) is 27.7 Å². The summed E-state index contributed by atoms with van der Waals surface area (Å²) in [5.41, 5.74) is 8.99. The van der Waals surface area contributed by atoms with Crippen molar-refractivity contribution in [3.63, 3.8) is 0 Å². The number of hydrazine groups is 1. The van der Waals surface area contributed by atoms with Crippen LogP contribution in [0.15, 0.2) is 33.3 Å². The summed E-state index contributed by atoms with van der Waals surface area (Å²) >= 11 is 0. The number of furan rings is 2. The molecule has 6 heteroatoms. The second-order valence-electron chi connectivity index (χ2n) is 6.15. The molecule has 1 aromatic carbocycles. The van der Waals surface area contributed by atoms with Gasteiger partial charge in [-0.25, -0.2) is 0 Å². The third kappa shape index (κ3) is 3.28. The molecule has 0 fully saturated rings. The van der Waals surface area contributed by atoms with Crippen LogP contribution in [0.1, 0.15) is 38.6 Å². The topological polar surface area (TPSA) is 84.5 Å². The van der Waals surface area contributed by atoms with Crippen LogP contribution in [0, 0.1) is 27.7 Å². The number of nitrogens with one attached hydrogen (secondary N) is 2. The van der Waals surface area contributed by atoms with E-state index in [1.54, 1.807) is 26.2 Å². The third-order valence-corrected chi connectivity index (χ3v) is 4.29. The van der Waals surface area contributed by atoms with Gasteiger partial charge in [-0.1, -0.05) is 12.1 Å². The summed E-state index contributed by atoms with van der Waals surface area (Å²) in [6.07, 6.45) is 1.70. The highest BCUT2D eigenvalue weighted by molar-refractivity contribution is 5.97. The second kappa shape index (κ2) is 6.47. The molecule has 0 aliphatic heterocycles. The average Bonchev–Trinajstić information content (AvgIpc) is 3.12. The monoisotopic (exact) mass is 340 g/mol. The second-order valence-corrected chi connectivity index (χ2v) is 6.15. The van der Waals surface area contributed by atoms with Crippen molar-refractivity contribution in [1.29, 1.82) is 0 Å². The number of carbonyl (C=O) groups is 2. The van der Waals surface area contributed by atoms with Gasteiger partial charge in [0.05, 0.1) is 18.2 Å². The molecular weight excluding hydrogens is 320 g/mol. The van der Waals surface area contributed by atoms with Crippen LogP contribution in [0.3, 0.4) is 0 Å². The van der Waals surface area contributed by atoms with E-state index in [1.807, 2.05) is 26.0 Å². The largest absolute Gasteiger partial charge is 0.466 e. The lowest BCUT2D eigenvalue weighted by molar-refractivity contribution is -0.121. The highest BCUT2D eigenvalue weighted by atomic mass is 16.3. The molecule has 0 bridgehead atoms. The summed E-state index contributed by atoms with van der Waals surface area (Å²) in [6, 6.07) is 5.58. The van der Waals surface area contributed by atoms with Crippen LogP contribution in [0.5, 0.6) is 0 Å². The Morgan fingerprint density at radius 3 is 2.52 bits per heavy atom. The van der Waals surface area contributed by atoms with Crippen LogP contribution in [0.2, 0.25) is 0 Å². The number of hydrogen-bond acceptors (Lipinski definition) is 4. The number of fused-ring (bicyclic) bond motifs is 1. The maximum atomic E-state index is 12.1. The van der Waals surface area contributed by atoms with E-state index in [1.165, 1.54) is 0 Å². The molecule has 0 unspecified atom stereocenters. The van der Waals surface area contributed by atoms with Crippen LogP contribution in [-0.4, -0.2) is 11.8 Å². The van der Waals surface area contributed by atoms with Gasteiger partial charge in [0, 0.05) is 10.9 Å². The smallest absolute Gasteiger partial charge is 0.273 e. The van der Waals surface area contributed by atoms with Crippen molar-refractivity contribution in [3.8, 4) is 0 Å². The molecule has 0 aliphatic carbocycles. The normalized spacial score (nSPS) is 10.9. The number of rotatable bonds is 3. The number of carbonyl (C=O) groups excluding carboxylic acids is 2. The van der Waals surface area contributed by atoms with Gasteiger partial charge in [-0.3, -0.25) is 20.4 Å². The SMILES string of the molecule is Cc1cc(C(=O)NNC(=O)Cc2coc3c(C)c(C)ccc23)c(C)o1. The summed E-state index contributed by atoms with van der Waals surface area (Å²) < 4.78 is 10.9. The van der Waals surface area contributed by atoms with Crippen molar-refractivity contribution >= 4 is 22.8 Å². The molecule has 2 heterocycles. The Labute approximate surface area is 145 Å². The zero-order chi connectivity index (χ0) is 18.1. The summed E-state index contributed by atoms with van der Waals surface area (Å²) in [7, 11) is 0. The fraction of sp³-hybridized carbons (Fsp3) is 0.263. The molecule has 0 saturated carbocycles. The van der Waals surface area contributed by atoms with Gasteiger partial charge in [0.2, 0.25) is 5.91 Å². The first-order valence-electron chi connectivity index (χ1n) is 7.99. The van der Waals surface area contributed by atoms with E-state index in [0.29, 0.717) is 17.1 Å². The minimum absolute atomic E-state index is 0.110. The van der Waals surface area contributed by atoms with Crippen molar-refractivity contribution in [2.24, 2.45) is 0 Å². The Morgan fingerprint density at radius 2 is 1.84 bits per heavy atom. The maximum Gasteiger partial charge on any atom is 0.273 e. The molecule has 0 saturated heterocycles. The number of aryl methyl sites for hydroxylation is 4. The molecule has 0 aliphatic rings. The number of benzene rings is 1. The highest BCUT2D eigenvalue weighted by Gasteiger charge is 2.16. The van der Waals surface area contributed by atoms with Gasteiger partial charge in [-0.2, -0.15) is 0 Å². The van der Waals surface area contributed by atoms with Gasteiger partial charge in [0.1, 0.15) is 17.1 Å². The summed E-state index contributed by atoms with van der Waals surface area (Å²) in [5, 5.41) is 0.908. The van der Waals surface area contributed by atoms with Gasteiger partial charge in [0.15, 0.2) is 0 Å². The lowest BCUT2D eigenvalue weighted by Gasteiger charge is -2.06. The zero-order valence-electron chi connectivity index (χ0n) is 14.6. The third-order valence-electron chi connectivity index (χ3n) is 4.29. The van der Waals surface area contributed by atoms with E-state index in [4.69, 9.17) is 8.83 Å². The fourth-order valence-corrected chi connectivity index (χ4v) is 2.79. The van der Waals surface area contributed by atoms with E-state index < -0.39 is 5.91 Å². The molecule has 0 spiro atoms. The maximum absolute atomic E-state index is 12.1. The molecule has 2 N–H and O–H groups in total. The van der Waals surface area contributed by atoms with Gasteiger partial charge >= 0.3 is 0 Å². The molecule has 0 radical (unpaired) electrons. The minimum atomic E-state index is -0.411. The molecule has 2 aromatic heterocycles. The molecular formula is C19H20N2O4. The van der Waals surface area contributed by atoms with Crippen molar-refractivity contribution in [1.82, 2.24) is 10.9 Å². The first-order chi connectivity index (χ1) is 11.9. The van der Waals surface area contributed by atoms with Gasteiger partial charge in [-0.15, -0.1) is 0 Å². The van der Waals surface area contributed by atoms with Crippen LogP contribution in [0.4, 0.5) is 0 Å². The van der Waals surface area contributed by atoms with Gasteiger partial charge in [0.25, 0.3) is 5.91 Å². The van der Waals surface area contributed by atoms with Crippen LogP contribution < -0.4 is 10.9 Å². The minimum Gasteiger partial charge on any atom is -0.466 e. The van der Waals surface area contributed by atoms with Gasteiger partial charge < -0.3 is 8.83 Å². The molecule has 2 amide bonds.